The van der Waals surface area contributed by atoms with Crippen LogP contribution in [0.5, 0.6) is 0 Å². The Hall–Kier alpha value is -0.870. The molecule has 1 saturated heterocycles. The van der Waals surface area contributed by atoms with Crippen LogP contribution in [-0.4, -0.2) is 30.4 Å². The lowest BCUT2D eigenvalue weighted by atomic mass is 9.98. The topological polar surface area (TPSA) is 32.3 Å². The summed E-state index contributed by atoms with van der Waals surface area (Å²) in [6, 6.07) is 2.08. The minimum absolute atomic E-state index is 0.0175. The molecule has 1 aliphatic heterocycles. The van der Waals surface area contributed by atoms with Gasteiger partial charge in [-0.2, -0.15) is 11.3 Å². The standard InChI is InChI=1S/C13H20N2OS/c1-10-4-3-6-15(13(16)12(10)14-2)8-11-5-7-17-9-11/h5,7,9-10,12,14H,3-4,6,8H2,1-2H3. The Bertz CT molecular complexity index is 364. The molecule has 1 N–H and O–H groups in total. The molecule has 2 heterocycles. The highest BCUT2D eigenvalue weighted by atomic mass is 32.1. The number of rotatable bonds is 3. The minimum Gasteiger partial charge on any atom is -0.337 e. The molecule has 3 nitrogen and oxygen atoms in total. The van der Waals surface area contributed by atoms with Gasteiger partial charge < -0.3 is 10.2 Å². The quantitative estimate of drug-likeness (QED) is 0.893. The first-order valence-electron chi connectivity index (χ1n) is 6.19. The first kappa shape index (κ1) is 12.6. The van der Waals surface area contributed by atoms with Gasteiger partial charge in [0, 0.05) is 13.1 Å². The SMILES string of the molecule is CNC1C(=O)N(Cc2ccsc2)CCCC1C. The molecule has 2 unspecified atom stereocenters. The van der Waals surface area contributed by atoms with Crippen LogP contribution in [0.2, 0.25) is 0 Å². The highest BCUT2D eigenvalue weighted by molar-refractivity contribution is 7.07. The first-order chi connectivity index (χ1) is 8.22. The van der Waals surface area contributed by atoms with Crippen LogP contribution in [0.3, 0.4) is 0 Å². The molecule has 1 fully saturated rings. The average Bonchev–Trinajstić information content (AvgIpc) is 2.76. The number of likely N-dealkylation sites (N-methyl/N-ethyl adjacent to an activating group) is 1. The Morgan fingerprint density at radius 3 is 3.06 bits per heavy atom. The monoisotopic (exact) mass is 252 g/mol. The molecule has 94 valence electrons. The van der Waals surface area contributed by atoms with Crippen molar-refractivity contribution in [3.8, 4) is 0 Å². The number of carbonyl (C=O) groups is 1. The molecule has 0 aliphatic carbocycles. The van der Waals surface area contributed by atoms with Crippen LogP contribution >= 0.6 is 11.3 Å². The van der Waals surface area contributed by atoms with E-state index >= 15 is 0 Å². The van der Waals surface area contributed by atoms with Crippen molar-refractivity contribution in [2.45, 2.75) is 32.4 Å². The average molecular weight is 252 g/mol. The van der Waals surface area contributed by atoms with Gasteiger partial charge >= 0.3 is 0 Å². The number of nitrogens with one attached hydrogen (secondary N) is 1. The molecule has 0 radical (unpaired) electrons. The van der Waals surface area contributed by atoms with Gasteiger partial charge in [-0.3, -0.25) is 4.79 Å². The van der Waals surface area contributed by atoms with E-state index < -0.39 is 0 Å². The van der Waals surface area contributed by atoms with Gasteiger partial charge in [0.15, 0.2) is 0 Å². The maximum Gasteiger partial charge on any atom is 0.240 e. The van der Waals surface area contributed by atoms with Gasteiger partial charge in [-0.1, -0.05) is 6.92 Å². The third-order valence-electron chi connectivity index (χ3n) is 3.50. The van der Waals surface area contributed by atoms with Crippen LogP contribution in [0.15, 0.2) is 16.8 Å². The van der Waals surface area contributed by atoms with Crippen LogP contribution in [0.25, 0.3) is 0 Å². The normalized spacial score (nSPS) is 26.0. The molecule has 0 saturated carbocycles. The largest absolute Gasteiger partial charge is 0.337 e. The van der Waals surface area contributed by atoms with E-state index in [0.717, 1.165) is 25.9 Å². The Morgan fingerprint density at radius 1 is 1.59 bits per heavy atom. The smallest absolute Gasteiger partial charge is 0.240 e. The molecule has 4 heteroatoms. The van der Waals surface area contributed by atoms with Crippen molar-refractivity contribution in [3.05, 3.63) is 22.4 Å². The Morgan fingerprint density at radius 2 is 2.41 bits per heavy atom. The van der Waals surface area contributed by atoms with Crippen LogP contribution in [-0.2, 0) is 11.3 Å². The third-order valence-corrected chi connectivity index (χ3v) is 4.23. The zero-order valence-electron chi connectivity index (χ0n) is 10.5. The van der Waals surface area contributed by atoms with Crippen LogP contribution in [0.1, 0.15) is 25.3 Å². The van der Waals surface area contributed by atoms with Crippen molar-refractivity contribution >= 4 is 17.2 Å². The summed E-state index contributed by atoms with van der Waals surface area (Å²) in [7, 11) is 1.88. The third kappa shape index (κ3) is 2.87. The number of hydrogen-bond acceptors (Lipinski definition) is 3. The maximum absolute atomic E-state index is 12.4. The lowest BCUT2D eigenvalue weighted by Gasteiger charge is -2.25. The van der Waals surface area contributed by atoms with Gasteiger partial charge in [-0.05, 0) is 48.2 Å². The zero-order chi connectivity index (χ0) is 12.3. The number of carbonyl (C=O) groups excluding carboxylic acids is 1. The van der Waals surface area contributed by atoms with Crippen LogP contribution in [0, 0.1) is 5.92 Å². The second-order valence-corrected chi connectivity index (χ2v) is 5.56. The Kier molecular flexibility index (Phi) is 4.18. The van der Waals surface area contributed by atoms with Crippen molar-refractivity contribution in [2.75, 3.05) is 13.6 Å². The molecule has 0 aromatic carbocycles. The van der Waals surface area contributed by atoms with E-state index in [1.807, 2.05) is 11.9 Å². The van der Waals surface area contributed by atoms with E-state index in [1.54, 1.807) is 11.3 Å². The van der Waals surface area contributed by atoms with Gasteiger partial charge in [-0.25, -0.2) is 0 Å². The summed E-state index contributed by atoms with van der Waals surface area (Å²) in [5, 5.41) is 7.35. The van der Waals surface area contributed by atoms with Gasteiger partial charge in [0.05, 0.1) is 6.04 Å². The second kappa shape index (κ2) is 5.65. The highest BCUT2D eigenvalue weighted by Crippen LogP contribution is 2.20. The summed E-state index contributed by atoms with van der Waals surface area (Å²) >= 11 is 1.69. The summed E-state index contributed by atoms with van der Waals surface area (Å²) in [6.45, 7) is 3.80. The molecule has 2 rings (SSSR count). The van der Waals surface area contributed by atoms with E-state index in [1.165, 1.54) is 5.56 Å². The van der Waals surface area contributed by atoms with Crippen molar-refractivity contribution in [1.29, 1.82) is 0 Å². The van der Waals surface area contributed by atoms with Crippen molar-refractivity contribution < 1.29 is 4.79 Å². The molecular formula is C13H20N2OS. The Labute approximate surface area is 107 Å². The van der Waals surface area contributed by atoms with Crippen molar-refractivity contribution in [3.63, 3.8) is 0 Å². The summed E-state index contributed by atoms with van der Waals surface area (Å²) in [5.41, 5.74) is 1.24. The fourth-order valence-electron chi connectivity index (χ4n) is 2.49. The maximum atomic E-state index is 12.4. The van der Waals surface area contributed by atoms with E-state index in [9.17, 15) is 4.79 Å². The number of nitrogens with zero attached hydrogens (tertiary/aromatic N) is 1. The second-order valence-electron chi connectivity index (χ2n) is 4.78. The van der Waals surface area contributed by atoms with E-state index in [4.69, 9.17) is 0 Å². The molecule has 1 aromatic rings. The van der Waals surface area contributed by atoms with E-state index in [0.29, 0.717) is 5.92 Å². The molecule has 1 aliphatic rings. The van der Waals surface area contributed by atoms with Crippen LogP contribution < -0.4 is 5.32 Å². The number of hydrogen-bond donors (Lipinski definition) is 1. The van der Waals surface area contributed by atoms with Gasteiger partial charge in [0.1, 0.15) is 0 Å². The molecular weight excluding hydrogens is 232 g/mol. The van der Waals surface area contributed by atoms with Crippen molar-refractivity contribution in [1.82, 2.24) is 10.2 Å². The number of amides is 1. The van der Waals surface area contributed by atoms with Gasteiger partial charge in [0.25, 0.3) is 0 Å². The molecule has 0 spiro atoms. The molecule has 0 bridgehead atoms. The molecule has 17 heavy (non-hydrogen) atoms. The van der Waals surface area contributed by atoms with E-state index in [2.05, 4.69) is 29.1 Å². The highest BCUT2D eigenvalue weighted by Gasteiger charge is 2.30. The predicted octanol–water partition coefficient (Wildman–Crippen LogP) is 2.09. The fraction of sp³-hybridized carbons (Fsp3) is 0.615. The van der Waals surface area contributed by atoms with E-state index in [-0.39, 0.29) is 11.9 Å². The minimum atomic E-state index is -0.0175. The van der Waals surface area contributed by atoms with Crippen molar-refractivity contribution in [2.24, 2.45) is 5.92 Å². The molecule has 1 aromatic heterocycles. The summed E-state index contributed by atoms with van der Waals surface area (Å²) in [4.78, 5) is 14.4. The van der Waals surface area contributed by atoms with Crippen LogP contribution in [0.4, 0.5) is 0 Å². The number of likely N-dealkylation sites (tertiary alicyclic amines) is 1. The zero-order valence-corrected chi connectivity index (χ0v) is 11.3. The summed E-state index contributed by atoms with van der Waals surface area (Å²) in [5.74, 6) is 0.684. The molecule has 2 atom stereocenters. The van der Waals surface area contributed by atoms with Gasteiger partial charge in [-0.15, -0.1) is 0 Å². The Balaban J connectivity index is 2.08. The summed E-state index contributed by atoms with van der Waals surface area (Å²) < 4.78 is 0. The predicted molar refractivity (Wildman–Crippen MR) is 71.0 cm³/mol. The summed E-state index contributed by atoms with van der Waals surface area (Å²) in [6.07, 6.45) is 2.23. The molecule has 1 amide bonds. The first-order valence-corrected chi connectivity index (χ1v) is 7.13. The lowest BCUT2D eigenvalue weighted by Crippen LogP contribution is -2.46. The lowest BCUT2D eigenvalue weighted by molar-refractivity contribution is -0.134. The number of thiophene rings is 1. The van der Waals surface area contributed by atoms with Gasteiger partial charge in [0.2, 0.25) is 5.91 Å². The fourth-order valence-corrected chi connectivity index (χ4v) is 3.15.